The van der Waals surface area contributed by atoms with Crippen molar-refractivity contribution in [2.24, 2.45) is 0 Å². The lowest BCUT2D eigenvalue weighted by Crippen LogP contribution is -2.49. The van der Waals surface area contributed by atoms with E-state index in [0.29, 0.717) is 23.7 Å². The minimum absolute atomic E-state index is 0.0145. The fourth-order valence-corrected chi connectivity index (χ4v) is 3.27. The van der Waals surface area contributed by atoms with E-state index in [-0.39, 0.29) is 18.4 Å². The Morgan fingerprint density at radius 3 is 2.74 bits per heavy atom. The highest BCUT2D eigenvalue weighted by Gasteiger charge is 2.32. The van der Waals surface area contributed by atoms with Gasteiger partial charge < -0.3 is 19.4 Å². The first-order valence-electron chi connectivity index (χ1n) is 9.80. The van der Waals surface area contributed by atoms with E-state index in [1.165, 1.54) is 4.90 Å². The van der Waals surface area contributed by atoms with Gasteiger partial charge in [0.05, 0.1) is 12.1 Å². The first-order valence-corrected chi connectivity index (χ1v) is 9.80. The molecule has 0 bridgehead atoms. The number of hydrogen-bond donors (Lipinski definition) is 1. The van der Waals surface area contributed by atoms with E-state index in [2.05, 4.69) is 22.1 Å². The molecule has 158 valence electrons. The number of carbonyl (C=O) groups excluding carboxylic acids is 2. The van der Waals surface area contributed by atoms with Gasteiger partial charge in [-0.1, -0.05) is 48.6 Å². The van der Waals surface area contributed by atoms with E-state index in [1.54, 1.807) is 13.1 Å². The van der Waals surface area contributed by atoms with Gasteiger partial charge in [-0.15, -0.1) is 10.2 Å². The Labute approximate surface area is 179 Å². The van der Waals surface area contributed by atoms with Crippen molar-refractivity contribution in [2.45, 2.75) is 19.4 Å². The lowest BCUT2D eigenvalue weighted by atomic mass is 10.1. The number of rotatable bonds is 5. The summed E-state index contributed by atoms with van der Waals surface area (Å²) in [5, 5.41) is 10.4. The zero-order chi connectivity index (χ0) is 22.0. The second-order valence-electron chi connectivity index (χ2n) is 7.36. The van der Waals surface area contributed by atoms with E-state index < -0.39 is 11.9 Å². The number of anilines is 1. The van der Waals surface area contributed by atoms with Crippen LogP contribution in [0.15, 0.2) is 59.5 Å². The molecular weight excluding hydrogens is 396 g/mol. The molecule has 1 unspecified atom stereocenters. The molecule has 1 aromatic heterocycles. The molecule has 8 heteroatoms. The maximum atomic E-state index is 12.9. The molecule has 0 fully saturated rings. The van der Waals surface area contributed by atoms with Gasteiger partial charge in [0.2, 0.25) is 5.89 Å². The van der Waals surface area contributed by atoms with Gasteiger partial charge in [-0.25, -0.2) is 0 Å². The summed E-state index contributed by atoms with van der Waals surface area (Å²) in [5.41, 5.74) is 3.38. The van der Waals surface area contributed by atoms with Gasteiger partial charge in [0.25, 0.3) is 5.91 Å². The third-order valence-electron chi connectivity index (χ3n) is 5.01. The minimum Gasteiger partial charge on any atom is -0.489 e. The maximum Gasteiger partial charge on any atom is 0.309 e. The van der Waals surface area contributed by atoms with Crippen LogP contribution in [0.4, 0.5) is 5.69 Å². The van der Waals surface area contributed by atoms with Crippen LogP contribution < -0.4 is 15.0 Å². The van der Waals surface area contributed by atoms with Gasteiger partial charge in [-0.2, -0.15) is 0 Å². The standard InChI is InChI=1S/C23H22N4O4/c1-14(2)16-9-10-19-18(12-16)27(3)23(29)17(13-30-19)24-21(28)22-26-25-20(31-22)11-15-7-5-4-6-8-15/h4-10,12,17H,1,11,13H2,2-3H3,(H,24,28). The van der Waals surface area contributed by atoms with Crippen LogP contribution in [-0.2, 0) is 11.2 Å². The van der Waals surface area contributed by atoms with Gasteiger partial charge in [0.15, 0.2) is 0 Å². The average molecular weight is 418 g/mol. The van der Waals surface area contributed by atoms with E-state index in [9.17, 15) is 9.59 Å². The number of fused-ring (bicyclic) bond motifs is 1. The lowest BCUT2D eigenvalue weighted by Gasteiger charge is -2.20. The third kappa shape index (κ3) is 4.32. The summed E-state index contributed by atoms with van der Waals surface area (Å²) in [5.74, 6) is -0.268. The number of carbonyl (C=O) groups is 2. The van der Waals surface area contributed by atoms with Gasteiger partial charge in [0, 0.05) is 7.05 Å². The Kier molecular flexibility index (Phi) is 5.53. The number of nitrogens with one attached hydrogen (secondary N) is 1. The zero-order valence-corrected chi connectivity index (χ0v) is 17.3. The van der Waals surface area contributed by atoms with Crippen molar-refractivity contribution in [2.75, 3.05) is 18.6 Å². The van der Waals surface area contributed by atoms with Crippen molar-refractivity contribution in [1.82, 2.24) is 15.5 Å². The monoisotopic (exact) mass is 418 g/mol. The molecule has 8 nitrogen and oxygen atoms in total. The molecule has 3 aromatic rings. The highest BCUT2D eigenvalue weighted by atomic mass is 16.5. The summed E-state index contributed by atoms with van der Waals surface area (Å²) in [4.78, 5) is 27.0. The highest BCUT2D eigenvalue weighted by molar-refractivity contribution is 6.02. The van der Waals surface area contributed by atoms with E-state index >= 15 is 0 Å². The lowest BCUT2D eigenvalue weighted by molar-refractivity contribution is -0.120. The number of ether oxygens (including phenoxy) is 1. The fraction of sp³-hybridized carbons (Fsp3) is 0.217. The van der Waals surface area contributed by atoms with Crippen molar-refractivity contribution in [3.8, 4) is 5.75 Å². The zero-order valence-electron chi connectivity index (χ0n) is 17.3. The van der Waals surface area contributed by atoms with Crippen molar-refractivity contribution >= 4 is 23.1 Å². The molecular formula is C23H22N4O4. The molecule has 1 aliphatic rings. The normalized spacial score (nSPS) is 15.6. The van der Waals surface area contributed by atoms with Crippen LogP contribution in [0.1, 0.15) is 34.6 Å². The van der Waals surface area contributed by atoms with E-state index in [1.807, 2.05) is 49.4 Å². The molecule has 0 spiro atoms. The minimum atomic E-state index is -0.900. The molecule has 31 heavy (non-hydrogen) atoms. The summed E-state index contributed by atoms with van der Waals surface area (Å²) in [6.07, 6.45) is 0.412. The first kappa shape index (κ1) is 20.3. The number of allylic oxidation sites excluding steroid dienone is 1. The predicted molar refractivity (Wildman–Crippen MR) is 115 cm³/mol. The van der Waals surface area contributed by atoms with Gasteiger partial charge in [-0.3, -0.25) is 9.59 Å². The Morgan fingerprint density at radius 1 is 1.23 bits per heavy atom. The number of aromatic nitrogens is 2. The number of likely N-dealkylation sites (N-methyl/N-ethyl adjacent to an activating group) is 1. The second kappa shape index (κ2) is 8.43. The Bertz CT molecular complexity index is 1140. The number of amides is 2. The molecule has 2 heterocycles. The summed E-state index contributed by atoms with van der Waals surface area (Å²) < 4.78 is 11.3. The van der Waals surface area contributed by atoms with Crippen molar-refractivity contribution < 1.29 is 18.7 Å². The van der Waals surface area contributed by atoms with Gasteiger partial charge >= 0.3 is 11.8 Å². The van der Waals surface area contributed by atoms with E-state index in [0.717, 1.165) is 16.7 Å². The fourth-order valence-electron chi connectivity index (χ4n) is 3.27. The average Bonchev–Trinajstić information content (AvgIpc) is 3.20. The smallest absolute Gasteiger partial charge is 0.309 e. The molecule has 0 saturated carbocycles. The number of benzene rings is 2. The largest absolute Gasteiger partial charge is 0.489 e. The van der Waals surface area contributed by atoms with Crippen molar-refractivity contribution in [3.05, 3.63) is 78.0 Å². The molecule has 2 aromatic carbocycles. The summed E-state index contributed by atoms with van der Waals surface area (Å²) in [6.45, 7) is 5.81. The van der Waals surface area contributed by atoms with Gasteiger partial charge in [0.1, 0.15) is 18.4 Å². The molecule has 0 radical (unpaired) electrons. The molecule has 0 aliphatic carbocycles. The summed E-state index contributed by atoms with van der Waals surface area (Å²) in [7, 11) is 1.64. The first-order chi connectivity index (χ1) is 14.9. The van der Waals surface area contributed by atoms with Crippen LogP contribution in [0.25, 0.3) is 5.57 Å². The Hall–Kier alpha value is -3.94. The highest BCUT2D eigenvalue weighted by Crippen LogP contribution is 2.33. The Morgan fingerprint density at radius 2 is 2.00 bits per heavy atom. The van der Waals surface area contributed by atoms with Gasteiger partial charge in [-0.05, 0) is 30.2 Å². The predicted octanol–water partition coefficient (Wildman–Crippen LogP) is 2.85. The molecule has 0 saturated heterocycles. The molecule has 2 amide bonds. The summed E-state index contributed by atoms with van der Waals surface area (Å²) in [6, 6.07) is 14.2. The van der Waals surface area contributed by atoms with Crippen LogP contribution in [0.2, 0.25) is 0 Å². The number of hydrogen-bond acceptors (Lipinski definition) is 6. The Balaban J connectivity index is 1.46. The van der Waals surface area contributed by atoms with Crippen LogP contribution in [-0.4, -0.2) is 41.7 Å². The van der Waals surface area contributed by atoms with E-state index in [4.69, 9.17) is 9.15 Å². The third-order valence-corrected chi connectivity index (χ3v) is 5.01. The quantitative estimate of drug-likeness (QED) is 0.684. The topological polar surface area (TPSA) is 97.6 Å². The van der Waals surface area contributed by atoms with Crippen LogP contribution in [0, 0.1) is 0 Å². The van der Waals surface area contributed by atoms with Crippen molar-refractivity contribution in [1.29, 1.82) is 0 Å². The summed E-state index contributed by atoms with van der Waals surface area (Å²) >= 11 is 0. The second-order valence-corrected chi connectivity index (χ2v) is 7.36. The van der Waals surface area contributed by atoms with Crippen LogP contribution in [0.5, 0.6) is 5.75 Å². The van der Waals surface area contributed by atoms with Crippen LogP contribution >= 0.6 is 0 Å². The maximum absolute atomic E-state index is 12.9. The van der Waals surface area contributed by atoms with Crippen LogP contribution in [0.3, 0.4) is 0 Å². The molecule has 1 atom stereocenters. The molecule has 1 aliphatic heterocycles. The van der Waals surface area contributed by atoms with Crippen molar-refractivity contribution in [3.63, 3.8) is 0 Å². The number of nitrogens with zero attached hydrogens (tertiary/aromatic N) is 3. The molecule has 1 N–H and O–H groups in total. The molecule has 4 rings (SSSR count). The SMILES string of the molecule is C=C(C)c1ccc2c(c1)N(C)C(=O)C(NC(=O)c1nnc(Cc3ccccc3)o1)CO2.